The Labute approximate surface area is 86.4 Å². The van der Waals surface area contributed by atoms with Crippen LogP contribution in [0.4, 0.5) is 0 Å². The fraction of sp³-hybridized carbons (Fsp3) is 1.00. The molecule has 3 atom stereocenters. The fourth-order valence-corrected chi connectivity index (χ4v) is 1.59. The molecule has 1 saturated carbocycles. The summed E-state index contributed by atoms with van der Waals surface area (Å²) < 4.78 is 11.0. The molecule has 3 heteroatoms. The lowest BCUT2D eigenvalue weighted by molar-refractivity contribution is -0.191. The van der Waals surface area contributed by atoms with Crippen LogP contribution in [0, 0.1) is 5.92 Å². The molecule has 1 N–H and O–H groups in total. The van der Waals surface area contributed by atoms with E-state index in [2.05, 4.69) is 13.8 Å². The minimum atomic E-state index is -0.320. The molecule has 0 bridgehead atoms. The summed E-state index contributed by atoms with van der Waals surface area (Å²) in [7, 11) is 0. The van der Waals surface area contributed by atoms with E-state index in [0.29, 0.717) is 12.5 Å². The lowest BCUT2D eigenvalue weighted by Gasteiger charge is -2.40. The molecule has 1 aliphatic rings. The Balaban J connectivity index is 2.12. The SMILES string of the molecule is CCOC1C(O)CC1OCCC(C)C. The second kappa shape index (κ2) is 5.69. The van der Waals surface area contributed by atoms with Crippen molar-refractivity contribution in [3.05, 3.63) is 0 Å². The fourth-order valence-electron chi connectivity index (χ4n) is 1.59. The molecule has 0 aliphatic heterocycles. The van der Waals surface area contributed by atoms with Gasteiger partial charge in [0.2, 0.25) is 0 Å². The van der Waals surface area contributed by atoms with E-state index in [4.69, 9.17) is 9.47 Å². The van der Waals surface area contributed by atoms with Crippen LogP contribution >= 0.6 is 0 Å². The molecule has 3 unspecified atom stereocenters. The third-order valence-corrected chi connectivity index (χ3v) is 2.61. The highest BCUT2D eigenvalue weighted by Gasteiger charge is 2.41. The number of aliphatic hydroxyl groups excluding tert-OH is 1. The van der Waals surface area contributed by atoms with E-state index in [0.717, 1.165) is 19.4 Å². The highest BCUT2D eigenvalue weighted by atomic mass is 16.6. The third kappa shape index (κ3) is 3.23. The maximum absolute atomic E-state index is 9.41. The van der Waals surface area contributed by atoms with Crippen LogP contribution in [0.15, 0.2) is 0 Å². The molecule has 1 rings (SSSR count). The number of aliphatic hydroxyl groups is 1. The summed E-state index contributed by atoms with van der Waals surface area (Å²) in [5.74, 6) is 0.672. The molecule has 0 saturated heterocycles. The van der Waals surface area contributed by atoms with Crippen molar-refractivity contribution in [2.24, 2.45) is 5.92 Å². The Bertz CT molecular complexity index is 159. The van der Waals surface area contributed by atoms with Gasteiger partial charge in [-0.05, 0) is 19.3 Å². The van der Waals surface area contributed by atoms with Gasteiger partial charge in [0.15, 0.2) is 0 Å². The molecule has 1 fully saturated rings. The summed E-state index contributed by atoms with van der Waals surface area (Å²) in [6, 6.07) is 0. The molecule has 84 valence electrons. The molecular formula is C11H22O3. The lowest BCUT2D eigenvalue weighted by Crippen LogP contribution is -2.53. The predicted molar refractivity (Wildman–Crippen MR) is 55.2 cm³/mol. The number of ether oxygens (including phenoxy) is 2. The second-order valence-electron chi connectivity index (χ2n) is 4.31. The van der Waals surface area contributed by atoms with Gasteiger partial charge in [0.25, 0.3) is 0 Å². The van der Waals surface area contributed by atoms with Crippen molar-refractivity contribution >= 4 is 0 Å². The van der Waals surface area contributed by atoms with Gasteiger partial charge in [-0.25, -0.2) is 0 Å². The standard InChI is InChI=1S/C11H22O3/c1-4-13-11-9(12)7-10(11)14-6-5-8(2)3/h8-12H,4-7H2,1-3H3. The minimum absolute atomic E-state index is 0.0906. The zero-order valence-corrected chi connectivity index (χ0v) is 9.40. The van der Waals surface area contributed by atoms with Crippen LogP contribution in [-0.4, -0.2) is 36.6 Å². The zero-order valence-electron chi connectivity index (χ0n) is 9.40. The molecule has 1 aliphatic carbocycles. The molecular weight excluding hydrogens is 180 g/mol. The van der Waals surface area contributed by atoms with E-state index in [1.165, 1.54) is 0 Å². The Morgan fingerprint density at radius 2 is 2.07 bits per heavy atom. The van der Waals surface area contributed by atoms with E-state index in [1.54, 1.807) is 0 Å². The Morgan fingerprint density at radius 1 is 1.36 bits per heavy atom. The van der Waals surface area contributed by atoms with E-state index >= 15 is 0 Å². The first-order valence-electron chi connectivity index (χ1n) is 5.56. The van der Waals surface area contributed by atoms with Crippen molar-refractivity contribution in [3.8, 4) is 0 Å². The Hall–Kier alpha value is -0.120. The van der Waals surface area contributed by atoms with Crippen molar-refractivity contribution in [3.63, 3.8) is 0 Å². The third-order valence-electron chi connectivity index (χ3n) is 2.61. The largest absolute Gasteiger partial charge is 0.390 e. The van der Waals surface area contributed by atoms with Crippen LogP contribution in [0.3, 0.4) is 0 Å². The van der Waals surface area contributed by atoms with Gasteiger partial charge in [0, 0.05) is 19.6 Å². The highest BCUT2D eigenvalue weighted by molar-refractivity contribution is 4.91. The van der Waals surface area contributed by atoms with Crippen LogP contribution in [0.1, 0.15) is 33.6 Å². The average molecular weight is 202 g/mol. The normalized spacial score (nSPS) is 31.9. The van der Waals surface area contributed by atoms with Crippen LogP contribution in [0.2, 0.25) is 0 Å². The van der Waals surface area contributed by atoms with Gasteiger partial charge < -0.3 is 14.6 Å². The average Bonchev–Trinajstić information content (AvgIpc) is 2.12. The van der Waals surface area contributed by atoms with E-state index < -0.39 is 0 Å². The highest BCUT2D eigenvalue weighted by Crippen LogP contribution is 2.27. The summed E-state index contributed by atoms with van der Waals surface area (Å²) in [6.45, 7) is 7.72. The maximum atomic E-state index is 9.41. The minimum Gasteiger partial charge on any atom is -0.390 e. The van der Waals surface area contributed by atoms with Crippen molar-refractivity contribution in [1.29, 1.82) is 0 Å². The predicted octanol–water partition coefficient (Wildman–Crippen LogP) is 1.59. The maximum Gasteiger partial charge on any atom is 0.110 e. The first-order valence-corrected chi connectivity index (χ1v) is 5.56. The topological polar surface area (TPSA) is 38.7 Å². The van der Waals surface area contributed by atoms with Gasteiger partial charge in [-0.15, -0.1) is 0 Å². The number of hydrogen-bond acceptors (Lipinski definition) is 3. The van der Waals surface area contributed by atoms with Gasteiger partial charge in [-0.3, -0.25) is 0 Å². The summed E-state index contributed by atoms with van der Waals surface area (Å²) in [4.78, 5) is 0. The first-order chi connectivity index (χ1) is 6.65. The first kappa shape index (κ1) is 12.0. The quantitative estimate of drug-likeness (QED) is 0.711. The number of rotatable bonds is 6. The molecule has 0 radical (unpaired) electrons. The molecule has 0 amide bonds. The van der Waals surface area contributed by atoms with Crippen molar-refractivity contribution in [2.75, 3.05) is 13.2 Å². The molecule has 0 heterocycles. The van der Waals surface area contributed by atoms with Crippen LogP contribution in [0.5, 0.6) is 0 Å². The molecule has 0 aromatic carbocycles. The molecule has 0 aromatic heterocycles. The lowest BCUT2D eigenvalue weighted by atomic mass is 9.88. The van der Waals surface area contributed by atoms with Crippen LogP contribution < -0.4 is 0 Å². The van der Waals surface area contributed by atoms with E-state index in [-0.39, 0.29) is 18.3 Å². The van der Waals surface area contributed by atoms with E-state index in [1.807, 2.05) is 6.92 Å². The van der Waals surface area contributed by atoms with Crippen molar-refractivity contribution in [2.45, 2.75) is 51.9 Å². The van der Waals surface area contributed by atoms with Gasteiger partial charge >= 0.3 is 0 Å². The monoisotopic (exact) mass is 202 g/mol. The summed E-state index contributed by atoms with van der Waals surface area (Å²) in [5.41, 5.74) is 0. The molecule has 3 nitrogen and oxygen atoms in total. The second-order valence-corrected chi connectivity index (χ2v) is 4.31. The molecule has 14 heavy (non-hydrogen) atoms. The molecule has 0 aromatic rings. The molecule has 0 spiro atoms. The Kier molecular flexibility index (Phi) is 4.85. The van der Waals surface area contributed by atoms with Gasteiger partial charge in [0.1, 0.15) is 6.10 Å². The van der Waals surface area contributed by atoms with Gasteiger partial charge in [-0.2, -0.15) is 0 Å². The Morgan fingerprint density at radius 3 is 2.57 bits per heavy atom. The van der Waals surface area contributed by atoms with Crippen molar-refractivity contribution in [1.82, 2.24) is 0 Å². The summed E-state index contributed by atoms with van der Waals surface area (Å²) in [6.07, 6.45) is 1.50. The van der Waals surface area contributed by atoms with Crippen LogP contribution in [0.25, 0.3) is 0 Å². The number of hydrogen-bond donors (Lipinski definition) is 1. The summed E-state index contributed by atoms with van der Waals surface area (Å²) >= 11 is 0. The smallest absolute Gasteiger partial charge is 0.110 e. The van der Waals surface area contributed by atoms with Gasteiger partial charge in [0.05, 0.1) is 12.2 Å². The summed E-state index contributed by atoms with van der Waals surface area (Å²) in [5, 5.41) is 9.41. The van der Waals surface area contributed by atoms with Crippen LogP contribution in [-0.2, 0) is 9.47 Å². The van der Waals surface area contributed by atoms with Crippen molar-refractivity contribution < 1.29 is 14.6 Å². The van der Waals surface area contributed by atoms with E-state index in [9.17, 15) is 5.11 Å². The van der Waals surface area contributed by atoms with Gasteiger partial charge in [-0.1, -0.05) is 13.8 Å². The zero-order chi connectivity index (χ0) is 10.6.